The first-order valence-corrected chi connectivity index (χ1v) is 8.59. The lowest BCUT2D eigenvalue weighted by Gasteiger charge is -2.30. The van der Waals surface area contributed by atoms with Gasteiger partial charge in [-0.3, -0.25) is 4.98 Å². The highest BCUT2D eigenvalue weighted by molar-refractivity contribution is 5.75. The van der Waals surface area contributed by atoms with Crippen LogP contribution in [-0.2, 0) is 0 Å². The Hall–Kier alpha value is -2.56. The van der Waals surface area contributed by atoms with E-state index in [4.69, 9.17) is 4.74 Å². The molecule has 0 aliphatic heterocycles. The summed E-state index contributed by atoms with van der Waals surface area (Å²) in [5.74, 6) is 0.779. The summed E-state index contributed by atoms with van der Waals surface area (Å²) in [5, 5.41) is 3.09. The molecular weight excluding hydrogens is 314 g/mol. The molecule has 2 aromatic rings. The van der Waals surface area contributed by atoms with Crippen molar-refractivity contribution < 1.29 is 9.53 Å². The minimum Gasteiger partial charge on any atom is -0.496 e. The van der Waals surface area contributed by atoms with Gasteiger partial charge in [0, 0.05) is 24.5 Å². The van der Waals surface area contributed by atoms with Gasteiger partial charge in [0.15, 0.2) is 0 Å². The fourth-order valence-corrected chi connectivity index (χ4v) is 2.93. The van der Waals surface area contributed by atoms with Gasteiger partial charge in [-0.25, -0.2) is 4.79 Å². The lowest BCUT2D eigenvalue weighted by molar-refractivity contribution is 0.179. The molecule has 0 radical (unpaired) electrons. The van der Waals surface area contributed by atoms with Crippen molar-refractivity contribution in [1.29, 1.82) is 0 Å². The van der Waals surface area contributed by atoms with Crippen molar-refractivity contribution in [1.82, 2.24) is 15.2 Å². The maximum absolute atomic E-state index is 12.8. The lowest BCUT2D eigenvalue weighted by Crippen LogP contribution is -2.42. The number of ether oxygens (including phenoxy) is 1. The highest BCUT2D eigenvalue weighted by atomic mass is 16.5. The summed E-state index contributed by atoms with van der Waals surface area (Å²) >= 11 is 0. The van der Waals surface area contributed by atoms with Crippen LogP contribution < -0.4 is 10.1 Å². The van der Waals surface area contributed by atoms with E-state index in [-0.39, 0.29) is 18.1 Å². The number of nitrogens with zero attached hydrogens (tertiary/aromatic N) is 2. The zero-order valence-corrected chi connectivity index (χ0v) is 15.6. The van der Waals surface area contributed by atoms with E-state index in [0.717, 1.165) is 22.4 Å². The third-order valence-corrected chi connectivity index (χ3v) is 4.43. The first kappa shape index (κ1) is 18.8. The van der Waals surface area contributed by atoms with Crippen LogP contribution in [0.5, 0.6) is 5.75 Å². The number of aryl methyl sites for hydroxylation is 1. The Kier molecular flexibility index (Phi) is 6.39. The molecule has 0 saturated heterocycles. The predicted octanol–water partition coefficient (Wildman–Crippen LogP) is 4.25. The number of benzene rings is 1. The van der Waals surface area contributed by atoms with E-state index in [0.29, 0.717) is 6.54 Å². The number of urea groups is 1. The van der Waals surface area contributed by atoms with Crippen molar-refractivity contribution in [3.63, 3.8) is 0 Å². The molecule has 0 bridgehead atoms. The number of amides is 2. The molecule has 0 aliphatic carbocycles. The summed E-state index contributed by atoms with van der Waals surface area (Å²) in [6.07, 6.45) is 3.53. The lowest BCUT2D eigenvalue weighted by atomic mass is 10.0. The molecule has 0 spiro atoms. The van der Waals surface area contributed by atoms with Crippen LogP contribution in [0.25, 0.3) is 0 Å². The Bertz CT molecular complexity index is 703. The van der Waals surface area contributed by atoms with Crippen LogP contribution in [0.2, 0.25) is 0 Å². The topological polar surface area (TPSA) is 54.5 Å². The molecule has 1 N–H and O–H groups in total. The van der Waals surface area contributed by atoms with Crippen LogP contribution in [0.15, 0.2) is 42.7 Å². The molecule has 0 aliphatic rings. The zero-order valence-electron chi connectivity index (χ0n) is 15.6. The van der Waals surface area contributed by atoms with Gasteiger partial charge in [0.1, 0.15) is 5.75 Å². The number of hydrogen-bond donors (Lipinski definition) is 1. The van der Waals surface area contributed by atoms with Crippen LogP contribution in [0.3, 0.4) is 0 Å². The molecule has 5 nitrogen and oxygen atoms in total. The van der Waals surface area contributed by atoms with E-state index >= 15 is 0 Å². The molecule has 5 heteroatoms. The van der Waals surface area contributed by atoms with Gasteiger partial charge in [-0.15, -0.1) is 0 Å². The predicted molar refractivity (Wildman–Crippen MR) is 99.7 cm³/mol. The Morgan fingerprint density at radius 2 is 2.08 bits per heavy atom. The van der Waals surface area contributed by atoms with Crippen LogP contribution >= 0.6 is 0 Å². The number of rotatable bonds is 6. The van der Waals surface area contributed by atoms with E-state index in [2.05, 4.69) is 10.3 Å². The smallest absolute Gasteiger partial charge is 0.318 e. The highest BCUT2D eigenvalue weighted by Gasteiger charge is 2.22. The van der Waals surface area contributed by atoms with Crippen LogP contribution in [-0.4, -0.2) is 29.6 Å². The standard InChI is InChI=1S/C20H27N3O2/c1-6-23(16(4)17-8-7-11-21-13-17)20(24)22-15(3)18-12-14(2)9-10-19(18)25-5/h7-13,15-16H,6H2,1-5H3,(H,22,24)/t15-,16-/m1/s1. The second-order valence-electron chi connectivity index (χ2n) is 6.16. The molecule has 1 heterocycles. The van der Waals surface area contributed by atoms with E-state index in [9.17, 15) is 4.79 Å². The third kappa shape index (κ3) is 4.50. The van der Waals surface area contributed by atoms with Crippen molar-refractivity contribution in [2.45, 2.75) is 39.8 Å². The SMILES string of the molecule is CCN(C(=O)N[C@H](C)c1cc(C)ccc1OC)[C@H](C)c1cccnc1. The molecule has 0 unspecified atom stereocenters. The number of pyridine rings is 1. The number of carbonyl (C=O) groups is 1. The van der Waals surface area contributed by atoms with E-state index < -0.39 is 0 Å². The number of nitrogens with one attached hydrogen (secondary N) is 1. The average Bonchev–Trinajstić information content (AvgIpc) is 2.62. The minimum atomic E-state index is -0.155. The van der Waals surface area contributed by atoms with Gasteiger partial charge >= 0.3 is 6.03 Å². The van der Waals surface area contributed by atoms with Gasteiger partial charge in [-0.2, -0.15) is 0 Å². The summed E-state index contributed by atoms with van der Waals surface area (Å²) < 4.78 is 5.43. The monoisotopic (exact) mass is 341 g/mol. The molecule has 2 rings (SSSR count). The molecule has 2 atom stereocenters. The maximum Gasteiger partial charge on any atom is 0.318 e. The zero-order chi connectivity index (χ0) is 18.4. The first-order chi connectivity index (χ1) is 12.0. The Balaban J connectivity index is 2.15. The number of aromatic nitrogens is 1. The molecule has 25 heavy (non-hydrogen) atoms. The quantitative estimate of drug-likeness (QED) is 0.854. The summed E-state index contributed by atoms with van der Waals surface area (Å²) in [6, 6.07) is 9.55. The van der Waals surface area contributed by atoms with Crippen LogP contribution in [0, 0.1) is 6.92 Å². The Labute approximate surface area is 150 Å². The fraction of sp³-hybridized carbons (Fsp3) is 0.400. The van der Waals surface area contributed by atoms with Crippen LogP contribution in [0.1, 0.15) is 49.5 Å². The second kappa shape index (κ2) is 8.51. The van der Waals surface area contributed by atoms with E-state index in [1.54, 1.807) is 24.4 Å². The summed E-state index contributed by atoms with van der Waals surface area (Å²) in [4.78, 5) is 18.8. The molecule has 1 aromatic heterocycles. The summed E-state index contributed by atoms with van der Waals surface area (Å²) in [7, 11) is 1.64. The molecule has 2 amide bonds. The second-order valence-corrected chi connectivity index (χ2v) is 6.16. The van der Waals surface area contributed by atoms with Crippen molar-refractivity contribution in [2.24, 2.45) is 0 Å². The molecule has 0 saturated carbocycles. The van der Waals surface area contributed by atoms with Crippen molar-refractivity contribution in [2.75, 3.05) is 13.7 Å². The van der Waals surface area contributed by atoms with E-state index in [1.165, 1.54) is 0 Å². The number of carbonyl (C=O) groups excluding carboxylic acids is 1. The van der Waals surface area contributed by atoms with Gasteiger partial charge in [-0.05, 0) is 45.4 Å². The van der Waals surface area contributed by atoms with Gasteiger partial charge in [0.05, 0.1) is 19.2 Å². The minimum absolute atomic E-state index is 0.0506. The molecular formula is C20H27N3O2. The van der Waals surface area contributed by atoms with E-state index in [1.807, 2.05) is 58.0 Å². The van der Waals surface area contributed by atoms with Gasteiger partial charge < -0.3 is 15.0 Å². The Morgan fingerprint density at radius 3 is 2.68 bits per heavy atom. The maximum atomic E-state index is 12.8. The molecule has 134 valence electrons. The van der Waals surface area contributed by atoms with Crippen LogP contribution in [0.4, 0.5) is 4.79 Å². The van der Waals surface area contributed by atoms with Gasteiger partial charge in [-0.1, -0.05) is 23.8 Å². The number of hydrogen-bond acceptors (Lipinski definition) is 3. The van der Waals surface area contributed by atoms with Crippen molar-refractivity contribution >= 4 is 6.03 Å². The normalized spacial score (nSPS) is 13.0. The van der Waals surface area contributed by atoms with Gasteiger partial charge in [0.25, 0.3) is 0 Å². The highest BCUT2D eigenvalue weighted by Crippen LogP contribution is 2.27. The summed E-state index contributed by atoms with van der Waals surface area (Å²) in [5.41, 5.74) is 3.12. The third-order valence-electron chi connectivity index (χ3n) is 4.43. The average molecular weight is 341 g/mol. The molecule has 1 aromatic carbocycles. The first-order valence-electron chi connectivity index (χ1n) is 8.59. The number of methoxy groups -OCH3 is 1. The fourth-order valence-electron chi connectivity index (χ4n) is 2.93. The van der Waals surface area contributed by atoms with Crippen molar-refractivity contribution in [3.8, 4) is 5.75 Å². The summed E-state index contributed by atoms with van der Waals surface area (Å²) in [6.45, 7) is 8.60. The Morgan fingerprint density at radius 1 is 1.32 bits per heavy atom. The molecule has 0 fully saturated rings. The van der Waals surface area contributed by atoms with Crippen molar-refractivity contribution in [3.05, 3.63) is 59.4 Å². The van der Waals surface area contributed by atoms with Gasteiger partial charge in [0.2, 0.25) is 0 Å². The largest absolute Gasteiger partial charge is 0.496 e.